The number of hydrogen-bond acceptors (Lipinski definition) is 3. The van der Waals surface area contributed by atoms with Gasteiger partial charge in [-0.2, -0.15) is 0 Å². The molecule has 0 saturated carbocycles. The van der Waals surface area contributed by atoms with Crippen molar-refractivity contribution < 1.29 is 14.7 Å². The SMILES string of the molecule is CCC[C@H](NC(=O)C1(C)CCCS1)C(=O)O. The normalized spacial score (nSPS) is 26.4. The van der Waals surface area contributed by atoms with Gasteiger partial charge in [0.2, 0.25) is 5.91 Å². The van der Waals surface area contributed by atoms with Gasteiger partial charge in [-0.25, -0.2) is 4.79 Å². The highest BCUT2D eigenvalue weighted by atomic mass is 32.2. The Morgan fingerprint density at radius 3 is 2.69 bits per heavy atom. The Morgan fingerprint density at radius 1 is 1.56 bits per heavy atom. The first-order valence-corrected chi connectivity index (χ1v) is 6.66. The van der Waals surface area contributed by atoms with Crippen LogP contribution in [-0.4, -0.2) is 33.5 Å². The lowest BCUT2D eigenvalue weighted by atomic mass is 10.0. The lowest BCUT2D eigenvalue weighted by Gasteiger charge is -2.24. The number of carbonyl (C=O) groups excluding carboxylic acids is 1. The third-order valence-electron chi connectivity index (χ3n) is 2.88. The van der Waals surface area contributed by atoms with Crippen LogP contribution in [0.1, 0.15) is 39.5 Å². The predicted molar refractivity (Wildman–Crippen MR) is 64.6 cm³/mol. The second-order valence-electron chi connectivity index (χ2n) is 4.34. The molecule has 92 valence electrons. The molecule has 1 unspecified atom stereocenters. The molecule has 2 atom stereocenters. The second-order valence-corrected chi connectivity index (χ2v) is 5.93. The summed E-state index contributed by atoms with van der Waals surface area (Å²) in [6, 6.07) is -0.740. The van der Waals surface area contributed by atoms with Gasteiger partial charge in [0.15, 0.2) is 0 Å². The molecule has 0 aromatic rings. The molecule has 0 aromatic heterocycles. The van der Waals surface area contributed by atoms with Crippen LogP contribution in [0.15, 0.2) is 0 Å². The Bertz CT molecular complexity index is 274. The minimum absolute atomic E-state index is 0.129. The van der Waals surface area contributed by atoms with E-state index in [0.717, 1.165) is 25.0 Å². The summed E-state index contributed by atoms with van der Waals surface area (Å²) in [6.45, 7) is 3.80. The standard InChI is InChI=1S/C11H19NO3S/c1-3-5-8(9(13)14)12-10(15)11(2)6-4-7-16-11/h8H,3-7H2,1-2H3,(H,12,15)(H,13,14)/t8-,11?/m0/s1. The van der Waals surface area contributed by atoms with E-state index in [4.69, 9.17) is 5.11 Å². The molecule has 2 N–H and O–H groups in total. The Morgan fingerprint density at radius 2 is 2.25 bits per heavy atom. The molecule has 16 heavy (non-hydrogen) atoms. The highest BCUT2D eigenvalue weighted by molar-refractivity contribution is 8.01. The molecule has 1 saturated heterocycles. The van der Waals surface area contributed by atoms with Gasteiger partial charge in [-0.15, -0.1) is 11.8 Å². The van der Waals surface area contributed by atoms with Crippen LogP contribution < -0.4 is 5.32 Å². The molecule has 5 heteroatoms. The fraction of sp³-hybridized carbons (Fsp3) is 0.818. The van der Waals surface area contributed by atoms with Crippen molar-refractivity contribution in [3.05, 3.63) is 0 Å². The summed E-state index contributed by atoms with van der Waals surface area (Å²) in [5.41, 5.74) is 0. The highest BCUT2D eigenvalue weighted by Crippen LogP contribution is 2.37. The van der Waals surface area contributed by atoms with Crippen LogP contribution in [0.25, 0.3) is 0 Å². The summed E-state index contributed by atoms with van der Waals surface area (Å²) in [6.07, 6.45) is 3.10. The number of hydrogen-bond donors (Lipinski definition) is 2. The molecular weight excluding hydrogens is 226 g/mol. The first-order chi connectivity index (χ1) is 7.49. The number of thioether (sulfide) groups is 1. The van der Waals surface area contributed by atoms with Gasteiger partial charge in [0.25, 0.3) is 0 Å². The molecule has 1 aliphatic rings. The summed E-state index contributed by atoms with van der Waals surface area (Å²) in [7, 11) is 0. The Labute approximate surface area is 100 Å². The third kappa shape index (κ3) is 3.14. The molecule has 0 radical (unpaired) electrons. The quantitative estimate of drug-likeness (QED) is 0.772. The first kappa shape index (κ1) is 13.4. The van der Waals surface area contributed by atoms with Gasteiger partial charge in [-0.3, -0.25) is 4.79 Å². The average molecular weight is 245 g/mol. The van der Waals surface area contributed by atoms with Crippen LogP contribution in [0.2, 0.25) is 0 Å². The smallest absolute Gasteiger partial charge is 0.326 e. The van der Waals surface area contributed by atoms with Crippen LogP contribution >= 0.6 is 11.8 Å². The van der Waals surface area contributed by atoms with E-state index >= 15 is 0 Å². The van der Waals surface area contributed by atoms with E-state index in [-0.39, 0.29) is 5.91 Å². The zero-order valence-electron chi connectivity index (χ0n) is 9.78. The molecule has 1 fully saturated rings. The van der Waals surface area contributed by atoms with Crippen LogP contribution in [0.4, 0.5) is 0 Å². The number of amides is 1. The molecule has 1 amide bonds. The average Bonchev–Trinajstić information content (AvgIpc) is 2.65. The zero-order chi connectivity index (χ0) is 12.2. The van der Waals surface area contributed by atoms with E-state index in [1.807, 2.05) is 13.8 Å². The largest absolute Gasteiger partial charge is 0.480 e. The van der Waals surface area contributed by atoms with Crippen molar-refractivity contribution >= 4 is 23.6 Å². The monoisotopic (exact) mass is 245 g/mol. The Balaban J connectivity index is 2.57. The number of carboxylic acid groups (broad SMARTS) is 1. The van der Waals surface area contributed by atoms with Gasteiger partial charge >= 0.3 is 5.97 Å². The van der Waals surface area contributed by atoms with Crippen molar-refractivity contribution in [3.8, 4) is 0 Å². The fourth-order valence-corrected chi connectivity index (χ4v) is 3.03. The molecule has 0 spiro atoms. The molecule has 4 nitrogen and oxygen atoms in total. The topological polar surface area (TPSA) is 66.4 Å². The minimum atomic E-state index is -0.943. The minimum Gasteiger partial charge on any atom is -0.480 e. The zero-order valence-corrected chi connectivity index (χ0v) is 10.6. The number of carboxylic acids is 1. The van der Waals surface area contributed by atoms with Crippen molar-refractivity contribution in [2.75, 3.05) is 5.75 Å². The van der Waals surface area contributed by atoms with E-state index in [9.17, 15) is 9.59 Å². The van der Waals surface area contributed by atoms with E-state index in [0.29, 0.717) is 6.42 Å². The lowest BCUT2D eigenvalue weighted by molar-refractivity contribution is -0.142. The summed E-state index contributed by atoms with van der Waals surface area (Å²) >= 11 is 1.62. The maximum absolute atomic E-state index is 12.0. The van der Waals surface area contributed by atoms with Gasteiger partial charge in [-0.1, -0.05) is 13.3 Å². The Kier molecular flexibility index (Phi) is 4.65. The van der Waals surface area contributed by atoms with Crippen LogP contribution in [0.3, 0.4) is 0 Å². The van der Waals surface area contributed by atoms with Crippen molar-refractivity contribution in [1.82, 2.24) is 5.32 Å². The van der Waals surface area contributed by atoms with Gasteiger partial charge in [0.05, 0.1) is 4.75 Å². The van der Waals surface area contributed by atoms with Gasteiger partial charge < -0.3 is 10.4 Å². The van der Waals surface area contributed by atoms with E-state index in [1.54, 1.807) is 11.8 Å². The first-order valence-electron chi connectivity index (χ1n) is 5.67. The maximum Gasteiger partial charge on any atom is 0.326 e. The second kappa shape index (κ2) is 5.57. The number of rotatable bonds is 5. The van der Waals surface area contributed by atoms with E-state index in [2.05, 4.69) is 5.32 Å². The maximum atomic E-state index is 12.0. The van der Waals surface area contributed by atoms with Crippen molar-refractivity contribution in [3.63, 3.8) is 0 Å². The lowest BCUT2D eigenvalue weighted by Crippen LogP contribution is -2.48. The molecule has 1 aliphatic heterocycles. The summed E-state index contributed by atoms with van der Waals surface area (Å²) in [5.74, 6) is -0.0900. The van der Waals surface area contributed by atoms with Crippen LogP contribution in [0, 0.1) is 0 Å². The highest BCUT2D eigenvalue weighted by Gasteiger charge is 2.38. The van der Waals surface area contributed by atoms with Crippen molar-refractivity contribution in [2.45, 2.75) is 50.3 Å². The van der Waals surface area contributed by atoms with Gasteiger partial charge in [0.1, 0.15) is 6.04 Å². The predicted octanol–water partition coefficient (Wildman–Crippen LogP) is 1.64. The van der Waals surface area contributed by atoms with Crippen molar-refractivity contribution in [2.24, 2.45) is 0 Å². The van der Waals surface area contributed by atoms with Gasteiger partial charge in [0, 0.05) is 0 Å². The molecule has 1 heterocycles. The van der Waals surface area contributed by atoms with E-state index in [1.165, 1.54) is 0 Å². The number of aliphatic carboxylic acids is 1. The number of nitrogens with one attached hydrogen (secondary N) is 1. The van der Waals surface area contributed by atoms with E-state index < -0.39 is 16.8 Å². The Hall–Kier alpha value is -0.710. The van der Waals surface area contributed by atoms with Crippen LogP contribution in [0.5, 0.6) is 0 Å². The third-order valence-corrected chi connectivity index (χ3v) is 4.40. The summed E-state index contributed by atoms with van der Waals surface area (Å²) < 4.78 is -0.429. The van der Waals surface area contributed by atoms with Crippen LogP contribution in [-0.2, 0) is 9.59 Å². The summed E-state index contributed by atoms with van der Waals surface area (Å²) in [4.78, 5) is 22.9. The molecule has 1 rings (SSSR count). The molecule has 0 aliphatic carbocycles. The molecular formula is C11H19NO3S. The molecule has 0 bridgehead atoms. The van der Waals surface area contributed by atoms with Crippen molar-refractivity contribution in [1.29, 1.82) is 0 Å². The molecule has 0 aromatic carbocycles. The van der Waals surface area contributed by atoms with Gasteiger partial charge in [-0.05, 0) is 31.9 Å². The summed E-state index contributed by atoms with van der Waals surface area (Å²) in [5, 5.41) is 11.6. The fourth-order valence-electron chi connectivity index (χ4n) is 1.82. The number of carbonyl (C=O) groups is 2.